The first-order valence-corrected chi connectivity index (χ1v) is 5.24. The molecule has 0 aromatic heterocycles. The van der Waals surface area contributed by atoms with Crippen molar-refractivity contribution in [1.82, 2.24) is 0 Å². The smallest absolute Gasteiger partial charge is 0.142 e. The summed E-state index contributed by atoms with van der Waals surface area (Å²) < 4.78 is 5.59. The second-order valence-electron chi connectivity index (χ2n) is 3.76. The second-order valence-corrected chi connectivity index (χ2v) is 4.17. The molecule has 0 fully saturated rings. The highest BCUT2D eigenvalue weighted by atomic mass is 35.5. The minimum Gasteiger partial charge on any atom is -0.492 e. The van der Waals surface area contributed by atoms with Crippen LogP contribution < -0.4 is 10.5 Å². The average molecular weight is 212 g/mol. The predicted octanol–water partition coefficient (Wildman–Crippen LogP) is 2.82. The van der Waals surface area contributed by atoms with Gasteiger partial charge in [-0.05, 0) is 31.4 Å². The number of ether oxygens (including phenoxy) is 1. The zero-order valence-corrected chi connectivity index (χ0v) is 8.97. The molecule has 0 radical (unpaired) electrons. The van der Waals surface area contributed by atoms with Crippen molar-refractivity contribution in [2.45, 2.75) is 25.8 Å². The molecule has 1 aromatic rings. The van der Waals surface area contributed by atoms with E-state index in [4.69, 9.17) is 22.1 Å². The zero-order valence-electron chi connectivity index (χ0n) is 8.22. The summed E-state index contributed by atoms with van der Waals surface area (Å²) in [5.74, 6) is 0.780. The van der Waals surface area contributed by atoms with Crippen molar-refractivity contribution in [3.05, 3.63) is 28.3 Å². The van der Waals surface area contributed by atoms with E-state index in [9.17, 15) is 0 Å². The van der Waals surface area contributed by atoms with Gasteiger partial charge >= 0.3 is 0 Å². The molecule has 2 N–H and O–H groups in total. The molecule has 2 rings (SSSR count). The first kappa shape index (κ1) is 9.81. The van der Waals surface area contributed by atoms with Crippen LogP contribution >= 0.6 is 11.6 Å². The molecule has 76 valence electrons. The first-order valence-electron chi connectivity index (χ1n) is 4.87. The van der Waals surface area contributed by atoms with Crippen molar-refractivity contribution in [2.75, 3.05) is 6.61 Å². The number of nitrogens with two attached hydrogens (primary N) is 1. The van der Waals surface area contributed by atoms with E-state index in [-0.39, 0.29) is 6.04 Å². The lowest BCUT2D eigenvalue weighted by molar-refractivity contribution is 0.316. The number of rotatable bonds is 0. The monoisotopic (exact) mass is 211 g/mol. The van der Waals surface area contributed by atoms with Gasteiger partial charge in [-0.2, -0.15) is 0 Å². The molecule has 0 bridgehead atoms. The molecule has 0 unspecified atom stereocenters. The van der Waals surface area contributed by atoms with Crippen molar-refractivity contribution >= 4 is 11.6 Å². The first-order chi connectivity index (χ1) is 6.68. The molecule has 0 saturated carbocycles. The molecular weight excluding hydrogens is 198 g/mol. The van der Waals surface area contributed by atoms with Crippen molar-refractivity contribution < 1.29 is 4.74 Å². The summed E-state index contributed by atoms with van der Waals surface area (Å²) in [6, 6.07) is 4.04. The Morgan fingerprint density at radius 1 is 1.50 bits per heavy atom. The average Bonchev–Trinajstić information content (AvgIpc) is 2.29. The third-order valence-electron chi connectivity index (χ3n) is 2.52. The molecule has 1 atom stereocenters. The fourth-order valence-corrected chi connectivity index (χ4v) is 2.15. The Hall–Kier alpha value is -0.730. The van der Waals surface area contributed by atoms with Crippen LogP contribution in [0.15, 0.2) is 12.1 Å². The van der Waals surface area contributed by atoms with Crippen LogP contribution in [0.2, 0.25) is 5.02 Å². The van der Waals surface area contributed by atoms with Crippen LogP contribution in [0.5, 0.6) is 5.75 Å². The summed E-state index contributed by atoms with van der Waals surface area (Å²) in [6.45, 7) is 2.73. The summed E-state index contributed by atoms with van der Waals surface area (Å²) >= 11 is 6.10. The minimum atomic E-state index is 0.0601. The van der Waals surface area contributed by atoms with Crippen molar-refractivity contribution in [3.63, 3.8) is 0 Å². The van der Waals surface area contributed by atoms with Crippen LogP contribution in [0.3, 0.4) is 0 Å². The SMILES string of the molecule is Cc1cc(Cl)c2c(c1)[C@@H](N)CCCO2. The maximum atomic E-state index is 6.10. The number of halogens is 1. The molecule has 1 heterocycles. The Labute approximate surface area is 89.0 Å². The highest BCUT2D eigenvalue weighted by Crippen LogP contribution is 2.36. The van der Waals surface area contributed by atoms with Gasteiger partial charge in [0.15, 0.2) is 0 Å². The van der Waals surface area contributed by atoms with Crippen LogP contribution in [0.4, 0.5) is 0 Å². The molecule has 1 aliphatic rings. The van der Waals surface area contributed by atoms with E-state index >= 15 is 0 Å². The largest absolute Gasteiger partial charge is 0.492 e. The number of hydrogen-bond donors (Lipinski definition) is 1. The lowest BCUT2D eigenvalue weighted by atomic mass is 10.0. The molecule has 0 saturated heterocycles. The van der Waals surface area contributed by atoms with Crippen molar-refractivity contribution in [3.8, 4) is 5.75 Å². The van der Waals surface area contributed by atoms with Crippen molar-refractivity contribution in [2.24, 2.45) is 5.73 Å². The number of hydrogen-bond acceptors (Lipinski definition) is 2. The molecule has 0 amide bonds. The van der Waals surface area contributed by atoms with Crippen LogP contribution in [-0.2, 0) is 0 Å². The zero-order chi connectivity index (χ0) is 10.1. The molecule has 1 aromatic carbocycles. The van der Waals surface area contributed by atoms with E-state index in [1.807, 2.05) is 13.0 Å². The van der Waals surface area contributed by atoms with E-state index in [2.05, 4.69) is 6.07 Å². The van der Waals surface area contributed by atoms with Gasteiger partial charge in [-0.1, -0.05) is 17.7 Å². The van der Waals surface area contributed by atoms with Gasteiger partial charge in [-0.3, -0.25) is 0 Å². The van der Waals surface area contributed by atoms with Gasteiger partial charge in [-0.15, -0.1) is 0 Å². The van der Waals surface area contributed by atoms with Crippen LogP contribution in [-0.4, -0.2) is 6.61 Å². The topological polar surface area (TPSA) is 35.2 Å². The fraction of sp³-hybridized carbons (Fsp3) is 0.455. The Morgan fingerprint density at radius 2 is 2.29 bits per heavy atom. The minimum absolute atomic E-state index is 0.0601. The van der Waals surface area contributed by atoms with Gasteiger partial charge in [-0.25, -0.2) is 0 Å². The molecular formula is C11H14ClNO. The highest BCUT2D eigenvalue weighted by Gasteiger charge is 2.19. The molecule has 0 aliphatic carbocycles. The number of aryl methyl sites for hydroxylation is 1. The lowest BCUT2D eigenvalue weighted by Gasteiger charge is -2.13. The van der Waals surface area contributed by atoms with Gasteiger partial charge < -0.3 is 10.5 Å². The van der Waals surface area contributed by atoms with Gasteiger partial charge in [0.2, 0.25) is 0 Å². The van der Waals surface area contributed by atoms with E-state index in [0.717, 1.165) is 29.7 Å². The van der Waals surface area contributed by atoms with Crippen LogP contribution in [0, 0.1) is 6.92 Å². The Morgan fingerprint density at radius 3 is 3.07 bits per heavy atom. The third kappa shape index (κ3) is 1.72. The van der Waals surface area contributed by atoms with Gasteiger partial charge in [0.05, 0.1) is 11.6 Å². The Bertz CT molecular complexity index is 351. The highest BCUT2D eigenvalue weighted by molar-refractivity contribution is 6.32. The molecule has 0 spiro atoms. The maximum Gasteiger partial charge on any atom is 0.142 e. The summed E-state index contributed by atoms with van der Waals surface area (Å²) in [5.41, 5.74) is 8.23. The Kier molecular flexibility index (Phi) is 2.66. The van der Waals surface area contributed by atoms with Crippen LogP contribution in [0.1, 0.15) is 30.0 Å². The fourth-order valence-electron chi connectivity index (χ4n) is 1.82. The molecule has 14 heavy (non-hydrogen) atoms. The summed E-state index contributed by atoms with van der Waals surface area (Å²) in [5, 5.41) is 0.678. The summed E-state index contributed by atoms with van der Waals surface area (Å²) in [7, 11) is 0. The molecule has 2 nitrogen and oxygen atoms in total. The lowest BCUT2D eigenvalue weighted by Crippen LogP contribution is -2.09. The molecule has 1 aliphatic heterocycles. The summed E-state index contributed by atoms with van der Waals surface area (Å²) in [4.78, 5) is 0. The third-order valence-corrected chi connectivity index (χ3v) is 2.80. The standard InChI is InChI=1S/C11H14ClNO/c1-7-5-8-10(13)3-2-4-14-11(8)9(12)6-7/h5-6,10H,2-4,13H2,1H3/t10-/m0/s1. The molecule has 3 heteroatoms. The van der Waals surface area contributed by atoms with Gasteiger partial charge in [0.25, 0.3) is 0 Å². The van der Waals surface area contributed by atoms with E-state index in [1.54, 1.807) is 0 Å². The maximum absolute atomic E-state index is 6.10. The quantitative estimate of drug-likeness (QED) is 0.716. The van der Waals surface area contributed by atoms with Crippen LogP contribution in [0.25, 0.3) is 0 Å². The van der Waals surface area contributed by atoms with Gasteiger partial charge in [0, 0.05) is 11.6 Å². The number of fused-ring (bicyclic) bond motifs is 1. The predicted molar refractivity (Wildman–Crippen MR) is 57.8 cm³/mol. The van der Waals surface area contributed by atoms with Gasteiger partial charge in [0.1, 0.15) is 5.75 Å². The van der Waals surface area contributed by atoms with E-state index in [0.29, 0.717) is 11.6 Å². The van der Waals surface area contributed by atoms with Crippen molar-refractivity contribution in [1.29, 1.82) is 0 Å². The Balaban J connectivity index is 2.53. The normalized spacial score (nSPS) is 20.9. The number of benzene rings is 1. The van der Waals surface area contributed by atoms with E-state index < -0.39 is 0 Å². The van der Waals surface area contributed by atoms with E-state index in [1.165, 1.54) is 0 Å². The second kappa shape index (κ2) is 3.79. The summed E-state index contributed by atoms with van der Waals surface area (Å²) in [6.07, 6.45) is 1.96.